The van der Waals surface area contributed by atoms with Crippen LogP contribution in [0.5, 0.6) is 0 Å². The molecule has 5 nitrogen and oxygen atoms in total. The number of carbonyl (C=O) groups is 1. The number of amides is 1. The average molecular weight is 334 g/mol. The lowest BCUT2D eigenvalue weighted by molar-refractivity contribution is -0.00740. The Hall–Kier alpha value is -1.59. The minimum absolute atomic E-state index is 0.122. The van der Waals surface area contributed by atoms with Crippen molar-refractivity contribution in [3.63, 3.8) is 0 Å². The molecular weight excluding hydrogens is 304 g/mol. The van der Waals surface area contributed by atoms with Crippen LogP contribution in [0.1, 0.15) is 32.8 Å². The van der Waals surface area contributed by atoms with Crippen molar-refractivity contribution in [2.24, 2.45) is 0 Å². The van der Waals surface area contributed by atoms with Crippen molar-refractivity contribution in [3.8, 4) is 0 Å². The van der Waals surface area contributed by atoms with E-state index in [1.54, 1.807) is 7.11 Å². The first-order valence-electron chi connectivity index (χ1n) is 8.64. The lowest BCUT2D eigenvalue weighted by atomic mass is 10.1. The van der Waals surface area contributed by atoms with Crippen molar-refractivity contribution < 1.29 is 14.3 Å². The van der Waals surface area contributed by atoms with Crippen LogP contribution in [0.2, 0.25) is 0 Å². The molecule has 5 heteroatoms. The maximum absolute atomic E-state index is 12.5. The minimum Gasteiger partial charge on any atom is -0.444 e. The van der Waals surface area contributed by atoms with Crippen LogP contribution in [0.15, 0.2) is 30.3 Å². The van der Waals surface area contributed by atoms with Gasteiger partial charge in [0.25, 0.3) is 0 Å². The Morgan fingerprint density at radius 1 is 1.21 bits per heavy atom. The highest BCUT2D eigenvalue weighted by atomic mass is 16.6. The fourth-order valence-electron chi connectivity index (χ4n) is 2.97. The Bertz CT molecular complexity index is 513. The summed E-state index contributed by atoms with van der Waals surface area (Å²) in [5.41, 5.74) is 0.832. The Labute approximate surface area is 145 Å². The topological polar surface area (TPSA) is 42.0 Å². The molecule has 134 valence electrons. The fraction of sp³-hybridized carbons (Fsp3) is 0.632. The molecule has 1 aliphatic heterocycles. The monoisotopic (exact) mass is 334 g/mol. The van der Waals surface area contributed by atoms with Gasteiger partial charge in [0, 0.05) is 45.9 Å². The van der Waals surface area contributed by atoms with E-state index in [9.17, 15) is 4.79 Å². The zero-order chi connectivity index (χ0) is 17.6. The smallest absolute Gasteiger partial charge is 0.410 e. The Morgan fingerprint density at radius 2 is 1.92 bits per heavy atom. The van der Waals surface area contributed by atoms with Crippen LogP contribution in [-0.2, 0) is 16.0 Å². The normalized spacial score (nSPS) is 19.3. The number of carbonyl (C=O) groups excluding carboxylic acids is 1. The summed E-state index contributed by atoms with van der Waals surface area (Å²) in [4.78, 5) is 16.8. The molecule has 24 heavy (non-hydrogen) atoms. The van der Waals surface area contributed by atoms with Gasteiger partial charge in [-0.1, -0.05) is 30.3 Å². The first-order valence-corrected chi connectivity index (χ1v) is 8.64. The molecule has 0 unspecified atom stereocenters. The summed E-state index contributed by atoms with van der Waals surface area (Å²) in [6.45, 7) is 9.66. The van der Waals surface area contributed by atoms with Gasteiger partial charge in [0.05, 0.1) is 0 Å². The number of benzene rings is 1. The molecule has 1 aromatic rings. The van der Waals surface area contributed by atoms with Crippen LogP contribution in [-0.4, -0.2) is 60.9 Å². The van der Waals surface area contributed by atoms with E-state index in [1.165, 1.54) is 5.56 Å². The third kappa shape index (κ3) is 5.80. The second kappa shape index (κ2) is 8.49. The zero-order valence-corrected chi connectivity index (χ0v) is 15.3. The lowest BCUT2D eigenvalue weighted by Gasteiger charge is -2.41. The van der Waals surface area contributed by atoms with Crippen LogP contribution in [0.3, 0.4) is 0 Å². The quantitative estimate of drug-likeness (QED) is 0.829. The molecule has 0 spiro atoms. The molecular formula is C19H30N2O3. The number of rotatable bonds is 5. The lowest BCUT2D eigenvalue weighted by Crippen LogP contribution is -2.56. The summed E-state index contributed by atoms with van der Waals surface area (Å²) in [6, 6.07) is 10.6. The zero-order valence-electron chi connectivity index (χ0n) is 15.3. The highest BCUT2D eigenvalue weighted by molar-refractivity contribution is 5.68. The molecule has 0 saturated carbocycles. The van der Waals surface area contributed by atoms with E-state index in [0.29, 0.717) is 13.2 Å². The highest BCUT2D eigenvalue weighted by Gasteiger charge is 2.33. The fourth-order valence-corrected chi connectivity index (χ4v) is 2.97. The number of nitrogens with zero attached hydrogens (tertiary/aromatic N) is 2. The van der Waals surface area contributed by atoms with Crippen molar-refractivity contribution in [3.05, 3.63) is 35.9 Å². The van der Waals surface area contributed by atoms with Crippen molar-refractivity contribution in [2.75, 3.05) is 33.4 Å². The summed E-state index contributed by atoms with van der Waals surface area (Å²) in [7, 11) is 1.70. The predicted molar refractivity (Wildman–Crippen MR) is 94.9 cm³/mol. The SMILES string of the molecule is COCC[C@@H]1CN(Cc2ccccc2)CCN1C(=O)OC(C)(C)C. The van der Waals surface area contributed by atoms with Gasteiger partial charge in [-0.2, -0.15) is 0 Å². The maximum atomic E-state index is 12.5. The number of ether oxygens (including phenoxy) is 2. The third-order valence-corrected chi connectivity index (χ3v) is 4.10. The first-order chi connectivity index (χ1) is 11.4. The molecule has 1 atom stereocenters. The van der Waals surface area contributed by atoms with Gasteiger partial charge < -0.3 is 14.4 Å². The number of hydrogen-bond acceptors (Lipinski definition) is 4. The highest BCUT2D eigenvalue weighted by Crippen LogP contribution is 2.19. The standard InChI is InChI=1S/C19H30N2O3/c1-19(2,3)24-18(22)21-12-11-20(15-17(21)10-13-23-4)14-16-8-6-5-7-9-16/h5-9,17H,10-15H2,1-4H3/t17-/m1/s1. The van der Waals surface area contributed by atoms with Crippen LogP contribution in [0.25, 0.3) is 0 Å². The Kier molecular flexibility index (Phi) is 6.63. The van der Waals surface area contributed by atoms with E-state index in [-0.39, 0.29) is 12.1 Å². The number of piperazine rings is 1. The van der Waals surface area contributed by atoms with E-state index >= 15 is 0 Å². The van der Waals surface area contributed by atoms with Gasteiger partial charge in [-0.05, 0) is 32.8 Å². The Morgan fingerprint density at radius 3 is 2.54 bits per heavy atom. The molecule has 0 N–H and O–H groups in total. The predicted octanol–water partition coefficient (Wildman–Crippen LogP) is 3.14. The van der Waals surface area contributed by atoms with Crippen molar-refractivity contribution >= 4 is 6.09 Å². The summed E-state index contributed by atoms with van der Waals surface area (Å²) in [5.74, 6) is 0. The number of methoxy groups -OCH3 is 1. The molecule has 2 rings (SSSR count). The van der Waals surface area contributed by atoms with Crippen molar-refractivity contribution in [1.29, 1.82) is 0 Å². The molecule has 1 saturated heterocycles. The Balaban J connectivity index is 1.99. The van der Waals surface area contributed by atoms with Crippen LogP contribution < -0.4 is 0 Å². The van der Waals surface area contributed by atoms with E-state index in [4.69, 9.17) is 9.47 Å². The van der Waals surface area contributed by atoms with Crippen LogP contribution in [0.4, 0.5) is 4.79 Å². The first kappa shape index (κ1) is 18.7. The molecule has 1 aliphatic rings. The molecule has 1 aromatic carbocycles. The molecule has 0 aliphatic carbocycles. The second-order valence-electron chi connectivity index (χ2n) is 7.33. The van der Waals surface area contributed by atoms with E-state index in [0.717, 1.165) is 26.1 Å². The van der Waals surface area contributed by atoms with Gasteiger partial charge in [0.2, 0.25) is 0 Å². The molecule has 0 radical (unpaired) electrons. The molecule has 1 heterocycles. The molecule has 1 amide bonds. The van der Waals surface area contributed by atoms with Gasteiger partial charge in [-0.25, -0.2) is 4.79 Å². The van der Waals surface area contributed by atoms with Gasteiger partial charge >= 0.3 is 6.09 Å². The second-order valence-corrected chi connectivity index (χ2v) is 7.33. The largest absolute Gasteiger partial charge is 0.444 e. The molecule has 1 fully saturated rings. The number of hydrogen-bond donors (Lipinski definition) is 0. The summed E-state index contributed by atoms with van der Waals surface area (Å²) >= 11 is 0. The minimum atomic E-state index is -0.468. The summed E-state index contributed by atoms with van der Waals surface area (Å²) in [5, 5.41) is 0. The van der Waals surface area contributed by atoms with Crippen LogP contribution >= 0.6 is 0 Å². The maximum Gasteiger partial charge on any atom is 0.410 e. The van der Waals surface area contributed by atoms with Gasteiger partial charge in [-0.3, -0.25) is 4.90 Å². The summed E-state index contributed by atoms with van der Waals surface area (Å²) in [6.07, 6.45) is 0.601. The molecule has 0 bridgehead atoms. The van der Waals surface area contributed by atoms with Crippen LogP contribution in [0, 0.1) is 0 Å². The van der Waals surface area contributed by atoms with Gasteiger partial charge in [-0.15, -0.1) is 0 Å². The average Bonchev–Trinajstić information content (AvgIpc) is 2.52. The van der Waals surface area contributed by atoms with E-state index < -0.39 is 5.60 Å². The summed E-state index contributed by atoms with van der Waals surface area (Å²) < 4.78 is 10.8. The van der Waals surface area contributed by atoms with Crippen molar-refractivity contribution in [2.45, 2.75) is 45.4 Å². The van der Waals surface area contributed by atoms with Gasteiger partial charge in [0.15, 0.2) is 0 Å². The molecule has 0 aromatic heterocycles. The third-order valence-electron chi connectivity index (χ3n) is 4.10. The van der Waals surface area contributed by atoms with Gasteiger partial charge in [0.1, 0.15) is 5.60 Å². The van der Waals surface area contributed by atoms with E-state index in [1.807, 2.05) is 31.7 Å². The van der Waals surface area contributed by atoms with E-state index in [2.05, 4.69) is 29.2 Å². The van der Waals surface area contributed by atoms with Crippen molar-refractivity contribution in [1.82, 2.24) is 9.80 Å².